The largest absolute Gasteiger partial charge is 0.487 e. The topological polar surface area (TPSA) is 52.4 Å². The normalized spacial score (nSPS) is 17.1. The van der Waals surface area contributed by atoms with Gasteiger partial charge in [0.1, 0.15) is 11.4 Å². The van der Waals surface area contributed by atoms with E-state index in [-0.39, 0.29) is 16.2 Å². The monoisotopic (exact) mass is 233 g/mol. The van der Waals surface area contributed by atoms with Gasteiger partial charge in [0, 0.05) is 12.5 Å². The molecule has 4 nitrogen and oxygen atoms in total. The maximum atomic E-state index is 10.9. The van der Waals surface area contributed by atoms with E-state index < -0.39 is 0 Å². The molecule has 0 saturated carbocycles. The SMILES string of the molecule is CCC1(CC)C[C]c2c(cccc2[N+](=O)[O-])O1. The van der Waals surface area contributed by atoms with E-state index in [0.29, 0.717) is 17.7 Å². The summed E-state index contributed by atoms with van der Waals surface area (Å²) >= 11 is 0. The lowest BCUT2D eigenvalue weighted by Gasteiger charge is -2.36. The van der Waals surface area contributed by atoms with Crippen LogP contribution in [0, 0.1) is 16.5 Å². The number of rotatable bonds is 3. The molecule has 0 fully saturated rings. The minimum Gasteiger partial charge on any atom is -0.487 e. The van der Waals surface area contributed by atoms with Gasteiger partial charge in [-0.25, -0.2) is 0 Å². The van der Waals surface area contributed by atoms with Crippen LogP contribution in [0.2, 0.25) is 0 Å². The summed E-state index contributed by atoms with van der Waals surface area (Å²) in [6.07, 6.45) is 5.49. The van der Waals surface area contributed by atoms with Crippen molar-refractivity contribution in [3.63, 3.8) is 0 Å². The molecule has 0 unspecified atom stereocenters. The summed E-state index contributed by atoms with van der Waals surface area (Å²) in [7, 11) is 0. The predicted molar refractivity (Wildman–Crippen MR) is 64.0 cm³/mol. The Hall–Kier alpha value is -1.58. The lowest BCUT2D eigenvalue weighted by molar-refractivity contribution is -0.385. The van der Waals surface area contributed by atoms with Crippen LogP contribution in [0.1, 0.15) is 38.7 Å². The molecule has 1 heterocycles. The molecule has 0 aromatic heterocycles. The van der Waals surface area contributed by atoms with Gasteiger partial charge in [-0.3, -0.25) is 10.1 Å². The molecule has 90 valence electrons. The first-order valence-electron chi connectivity index (χ1n) is 5.82. The Balaban J connectivity index is 2.40. The molecule has 0 bridgehead atoms. The number of nitro benzene ring substituents is 1. The molecule has 0 saturated heterocycles. The smallest absolute Gasteiger partial charge is 0.276 e. The highest BCUT2D eigenvalue weighted by molar-refractivity contribution is 5.55. The lowest BCUT2D eigenvalue weighted by Crippen LogP contribution is -2.37. The van der Waals surface area contributed by atoms with Crippen LogP contribution in [0.15, 0.2) is 18.2 Å². The van der Waals surface area contributed by atoms with E-state index in [0.717, 1.165) is 12.8 Å². The molecule has 0 N–H and O–H groups in total. The highest BCUT2D eigenvalue weighted by Gasteiger charge is 2.36. The Kier molecular flexibility index (Phi) is 3.05. The van der Waals surface area contributed by atoms with Crippen LogP contribution in [0.5, 0.6) is 5.75 Å². The Morgan fingerprint density at radius 1 is 1.47 bits per heavy atom. The summed E-state index contributed by atoms with van der Waals surface area (Å²) in [4.78, 5) is 10.5. The summed E-state index contributed by atoms with van der Waals surface area (Å²) in [5.74, 6) is 0.578. The van der Waals surface area contributed by atoms with E-state index >= 15 is 0 Å². The van der Waals surface area contributed by atoms with E-state index in [1.165, 1.54) is 6.07 Å². The Bertz CT molecular complexity index is 438. The summed E-state index contributed by atoms with van der Waals surface area (Å²) in [6.45, 7) is 4.13. The average Bonchev–Trinajstić information content (AvgIpc) is 2.37. The Morgan fingerprint density at radius 3 is 2.76 bits per heavy atom. The van der Waals surface area contributed by atoms with E-state index in [1.54, 1.807) is 12.1 Å². The molecule has 0 atom stereocenters. The van der Waals surface area contributed by atoms with Crippen molar-refractivity contribution in [2.75, 3.05) is 0 Å². The van der Waals surface area contributed by atoms with Crippen molar-refractivity contribution >= 4 is 5.69 Å². The maximum Gasteiger partial charge on any atom is 0.276 e. The summed E-state index contributed by atoms with van der Waals surface area (Å²) in [5, 5.41) is 10.9. The maximum absolute atomic E-state index is 10.9. The van der Waals surface area contributed by atoms with Crippen LogP contribution in [0.4, 0.5) is 5.69 Å². The number of nitrogens with zero attached hydrogens (tertiary/aromatic N) is 1. The fourth-order valence-electron chi connectivity index (χ4n) is 2.10. The Morgan fingerprint density at radius 2 is 2.18 bits per heavy atom. The molecule has 2 radical (unpaired) electrons. The summed E-state index contributed by atoms with van der Waals surface area (Å²) in [5.41, 5.74) is 0.320. The molecule has 0 spiro atoms. The second-order valence-electron chi connectivity index (χ2n) is 4.25. The van der Waals surface area contributed by atoms with Crippen LogP contribution in [-0.4, -0.2) is 10.5 Å². The minimum absolute atomic E-state index is 0.0725. The van der Waals surface area contributed by atoms with E-state index in [2.05, 4.69) is 20.3 Å². The first-order chi connectivity index (χ1) is 8.12. The van der Waals surface area contributed by atoms with Gasteiger partial charge in [0.25, 0.3) is 5.69 Å². The van der Waals surface area contributed by atoms with Gasteiger partial charge in [0.05, 0.1) is 10.5 Å². The van der Waals surface area contributed by atoms with E-state index in [9.17, 15) is 10.1 Å². The zero-order chi connectivity index (χ0) is 12.5. The lowest BCUT2D eigenvalue weighted by atomic mass is 9.86. The second-order valence-corrected chi connectivity index (χ2v) is 4.25. The molecule has 1 aliphatic rings. The van der Waals surface area contributed by atoms with Gasteiger partial charge < -0.3 is 4.74 Å². The molecular formula is C13H15NO3. The number of hydrogen-bond donors (Lipinski definition) is 0. The van der Waals surface area contributed by atoms with Gasteiger partial charge >= 0.3 is 0 Å². The number of benzene rings is 1. The highest BCUT2D eigenvalue weighted by atomic mass is 16.6. The molecule has 0 aliphatic carbocycles. The van der Waals surface area contributed by atoms with Gasteiger partial charge in [0.2, 0.25) is 0 Å². The quantitative estimate of drug-likeness (QED) is 0.594. The molecule has 1 aromatic carbocycles. The predicted octanol–water partition coefficient (Wildman–Crippen LogP) is 3.37. The zero-order valence-corrected chi connectivity index (χ0v) is 10.0. The van der Waals surface area contributed by atoms with Crippen LogP contribution in [-0.2, 0) is 0 Å². The number of ether oxygens (including phenoxy) is 1. The standard InChI is InChI=1S/C13H15NO3/c1-3-13(4-2)9-8-10-11(14(15)16)6-5-7-12(10)17-13/h5-7H,3-4,9H2,1-2H3. The third-order valence-corrected chi connectivity index (χ3v) is 3.40. The minimum atomic E-state index is -0.389. The van der Waals surface area contributed by atoms with Crippen LogP contribution in [0.3, 0.4) is 0 Å². The molecule has 1 aliphatic heterocycles. The number of hydrogen-bond acceptors (Lipinski definition) is 3. The molecular weight excluding hydrogens is 218 g/mol. The van der Waals surface area contributed by atoms with Crippen molar-refractivity contribution in [2.45, 2.75) is 38.7 Å². The zero-order valence-electron chi connectivity index (χ0n) is 10.0. The van der Waals surface area contributed by atoms with Crippen molar-refractivity contribution in [3.05, 3.63) is 40.3 Å². The highest BCUT2D eigenvalue weighted by Crippen LogP contribution is 2.41. The number of nitro groups is 1. The molecule has 1 aromatic rings. The Labute approximate surface area is 101 Å². The molecule has 4 heteroatoms. The fraction of sp³-hybridized carbons (Fsp3) is 0.462. The van der Waals surface area contributed by atoms with Gasteiger partial charge in [-0.15, -0.1) is 0 Å². The van der Waals surface area contributed by atoms with Crippen LogP contribution < -0.4 is 4.74 Å². The van der Waals surface area contributed by atoms with Gasteiger partial charge in [0.15, 0.2) is 0 Å². The average molecular weight is 233 g/mol. The van der Waals surface area contributed by atoms with Crippen molar-refractivity contribution in [1.82, 2.24) is 0 Å². The van der Waals surface area contributed by atoms with Crippen LogP contribution >= 0.6 is 0 Å². The van der Waals surface area contributed by atoms with Crippen molar-refractivity contribution < 1.29 is 9.66 Å². The third kappa shape index (κ3) is 1.99. The number of fused-ring (bicyclic) bond motifs is 1. The van der Waals surface area contributed by atoms with Crippen molar-refractivity contribution in [1.29, 1.82) is 0 Å². The summed E-state index contributed by atoms with van der Waals surface area (Å²) < 4.78 is 5.94. The van der Waals surface area contributed by atoms with Gasteiger partial charge in [-0.05, 0) is 25.3 Å². The van der Waals surface area contributed by atoms with E-state index in [4.69, 9.17) is 4.74 Å². The molecule has 2 rings (SSSR count). The van der Waals surface area contributed by atoms with Gasteiger partial charge in [-0.2, -0.15) is 0 Å². The van der Waals surface area contributed by atoms with Crippen LogP contribution in [0.25, 0.3) is 0 Å². The van der Waals surface area contributed by atoms with Crippen molar-refractivity contribution in [2.24, 2.45) is 0 Å². The fourth-order valence-corrected chi connectivity index (χ4v) is 2.10. The van der Waals surface area contributed by atoms with Crippen molar-refractivity contribution in [3.8, 4) is 5.75 Å². The summed E-state index contributed by atoms with van der Waals surface area (Å²) in [6, 6.07) is 4.91. The first kappa shape index (κ1) is 11.9. The molecule has 0 amide bonds. The second kappa shape index (κ2) is 4.35. The molecule has 17 heavy (non-hydrogen) atoms. The van der Waals surface area contributed by atoms with E-state index in [1.807, 2.05) is 0 Å². The van der Waals surface area contributed by atoms with Gasteiger partial charge in [-0.1, -0.05) is 19.9 Å². The first-order valence-corrected chi connectivity index (χ1v) is 5.82. The third-order valence-electron chi connectivity index (χ3n) is 3.40.